The first-order valence-corrected chi connectivity index (χ1v) is 7.60. The third kappa shape index (κ3) is 3.71. The first kappa shape index (κ1) is 12.8. The van der Waals surface area contributed by atoms with Crippen LogP contribution in [-0.2, 0) is 9.47 Å². The molecule has 0 aromatic heterocycles. The predicted octanol–water partition coefficient (Wildman–Crippen LogP) is 3.52. The van der Waals surface area contributed by atoms with Crippen LogP contribution in [0.2, 0.25) is 0 Å². The minimum Gasteiger partial charge on any atom is -0.376 e. The third-order valence-electron chi connectivity index (χ3n) is 3.63. The Kier molecular flexibility index (Phi) is 5.11. The summed E-state index contributed by atoms with van der Waals surface area (Å²) in [6.45, 7) is 3.68. The van der Waals surface area contributed by atoms with Crippen molar-refractivity contribution in [2.24, 2.45) is 5.92 Å². The lowest BCUT2D eigenvalue weighted by Gasteiger charge is -2.29. The first-order chi connectivity index (χ1) is 7.81. The van der Waals surface area contributed by atoms with Gasteiger partial charge in [0.05, 0.1) is 18.8 Å². The molecule has 0 N–H and O–H groups in total. The number of halogens is 1. The van der Waals surface area contributed by atoms with Gasteiger partial charge in [-0.1, -0.05) is 28.8 Å². The van der Waals surface area contributed by atoms with Crippen LogP contribution in [-0.4, -0.2) is 30.2 Å². The van der Waals surface area contributed by atoms with Gasteiger partial charge < -0.3 is 9.47 Å². The molecule has 0 amide bonds. The van der Waals surface area contributed by atoms with Crippen molar-refractivity contribution in [3.63, 3.8) is 0 Å². The molecule has 0 aliphatic heterocycles. The quantitative estimate of drug-likeness (QED) is 0.697. The van der Waals surface area contributed by atoms with Crippen molar-refractivity contribution in [2.75, 3.05) is 13.2 Å². The maximum absolute atomic E-state index is 6.04. The lowest BCUT2D eigenvalue weighted by atomic mass is 9.97. The van der Waals surface area contributed by atoms with Gasteiger partial charge in [-0.25, -0.2) is 0 Å². The van der Waals surface area contributed by atoms with Crippen molar-refractivity contribution in [1.29, 1.82) is 0 Å². The molecule has 0 heterocycles. The predicted molar refractivity (Wildman–Crippen MR) is 69.1 cm³/mol. The molecule has 0 aromatic rings. The molecule has 3 atom stereocenters. The molecule has 2 aliphatic carbocycles. The van der Waals surface area contributed by atoms with E-state index >= 15 is 0 Å². The normalized spacial score (nSPS) is 32.6. The van der Waals surface area contributed by atoms with Crippen LogP contribution in [0.15, 0.2) is 0 Å². The van der Waals surface area contributed by atoms with Gasteiger partial charge in [0, 0.05) is 11.4 Å². The number of ether oxygens (including phenoxy) is 2. The van der Waals surface area contributed by atoms with E-state index < -0.39 is 0 Å². The van der Waals surface area contributed by atoms with Gasteiger partial charge in [-0.3, -0.25) is 0 Å². The molecule has 3 unspecified atom stereocenters. The molecule has 2 nitrogen and oxygen atoms in total. The monoisotopic (exact) mass is 290 g/mol. The summed E-state index contributed by atoms with van der Waals surface area (Å²) in [5.74, 6) is 0.775. The molecule has 94 valence electrons. The SMILES string of the molecule is CCOC(COC1CCCCC1Br)C1CC1. The summed E-state index contributed by atoms with van der Waals surface area (Å²) in [7, 11) is 0. The molecule has 2 aliphatic rings. The van der Waals surface area contributed by atoms with E-state index in [4.69, 9.17) is 9.47 Å². The molecule has 3 heteroatoms. The van der Waals surface area contributed by atoms with Crippen LogP contribution in [0.25, 0.3) is 0 Å². The number of alkyl halides is 1. The zero-order valence-corrected chi connectivity index (χ0v) is 11.7. The van der Waals surface area contributed by atoms with Crippen molar-refractivity contribution in [2.45, 2.75) is 62.5 Å². The second-order valence-electron chi connectivity index (χ2n) is 5.00. The lowest BCUT2D eigenvalue weighted by Crippen LogP contribution is -2.32. The van der Waals surface area contributed by atoms with Crippen LogP contribution in [0, 0.1) is 5.92 Å². The molecule has 2 rings (SSSR count). The Labute approximate surface area is 107 Å². The minimum absolute atomic E-state index is 0.353. The molecule has 2 fully saturated rings. The molecular weight excluding hydrogens is 268 g/mol. The van der Waals surface area contributed by atoms with Gasteiger partial charge in [0.15, 0.2) is 0 Å². The van der Waals surface area contributed by atoms with E-state index in [1.807, 2.05) is 0 Å². The third-order valence-corrected chi connectivity index (χ3v) is 4.67. The second kappa shape index (κ2) is 6.36. The maximum atomic E-state index is 6.04. The van der Waals surface area contributed by atoms with Crippen molar-refractivity contribution in [1.82, 2.24) is 0 Å². The average molecular weight is 291 g/mol. The van der Waals surface area contributed by atoms with E-state index in [2.05, 4.69) is 22.9 Å². The number of hydrogen-bond donors (Lipinski definition) is 0. The van der Waals surface area contributed by atoms with Crippen molar-refractivity contribution < 1.29 is 9.47 Å². The molecule has 16 heavy (non-hydrogen) atoms. The highest BCUT2D eigenvalue weighted by Crippen LogP contribution is 2.35. The molecular formula is C13H23BrO2. The van der Waals surface area contributed by atoms with Gasteiger partial charge in [0.1, 0.15) is 0 Å². The van der Waals surface area contributed by atoms with E-state index in [0.717, 1.165) is 19.1 Å². The number of rotatable bonds is 6. The Balaban J connectivity index is 1.71. The fraction of sp³-hybridized carbons (Fsp3) is 1.00. The van der Waals surface area contributed by atoms with E-state index in [9.17, 15) is 0 Å². The van der Waals surface area contributed by atoms with Crippen molar-refractivity contribution in [3.8, 4) is 0 Å². The highest BCUT2D eigenvalue weighted by molar-refractivity contribution is 9.09. The summed E-state index contributed by atoms with van der Waals surface area (Å²) in [6.07, 6.45) is 8.55. The summed E-state index contributed by atoms with van der Waals surface area (Å²) in [6, 6.07) is 0. The smallest absolute Gasteiger partial charge is 0.0836 e. The Bertz CT molecular complexity index is 202. The summed E-state index contributed by atoms with van der Waals surface area (Å²) < 4.78 is 11.8. The van der Waals surface area contributed by atoms with Gasteiger partial charge >= 0.3 is 0 Å². The molecule has 0 spiro atoms. The Hall–Kier alpha value is 0.400. The zero-order valence-electron chi connectivity index (χ0n) is 10.2. The topological polar surface area (TPSA) is 18.5 Å². The van der Waals surface area contributed by atoms with Crippen LogP contribution < -0.4 is 0 Å². The highest BCUT2D eigenvalue weighted by atomic mass is 79.9. The van der Waals surface area contributed by atoms with Gasteiger partial charge in [-0.2, -0.15) is 0 Å². The highest BCUT2D eigenvalue weighted by Gasteiger charge is 2.33. The number of hydrogen-bond acceptors (Lipinski definition) is 2. The van der Waals surface area contributed by atoms with Crippen molar-refractivity contribution >= 4 is 15.9 Å². The summed E-state index contributed by atoms with van der Waals surface area (Å²) in [4.78, 5) is 0.558. The van der Waals surface area contributed by atoms with Crippen LogP contribution in [0.5, 0.6) is 0 Å². The molecule has 0 saturated heterocycles. The van der Waals surface area contributed by atoms with Gasteiger partial charge in [-0.15, -0.1) is 0 Å². The molecule has 2 saturated carbocycles. The molecule has 0 bridgehead atoms. The summed E-state index contributed by atoms with van der Waals surface area (Å²) >= 11 is 3.73. The Morgan fingerprint density at radius 1 is 1.19 bits per heavy atom. The van der Waals surface area contributed by atoms with Crippen LogP contribution >= 0.6 is 15.9 Å². The zero-order chi connectivity index (χ0) is 11.4. The Morgan fingerprint density at radius 3 is 2.56 bits per heavy atom. The van der Waals surface area contributed by atoms with E-state index in [1.165, 1.54) is 38.5 Å². The molecule has 0 radical (unpaired) electrons. The van der Waals surface area contributed by atoms with Crippen LogP contribution in [0.4, 0.5) is 0 Å². The Morgan fingerprint density at radius 2 is 1.94 bits per heavy atom. The second-order valence-corrected chi connectivity index (χ2v) is 6.18. The fourth-order valence-corrected chi connectivity index (χ4v) is 3.20. The van der Waals surface area contributed by atoms with Gasteiger partial charge in [-0.05, 0) is 38.5 Å². The lowest BCUT2D eigenvalue weighted by molar-refractivity contribution is -0.0558. The largest absolute Gasteiger partial charge is 0.376 e. The first-order valence-electron chi connectivity index (χ1n) is 6.68. The minimum atomic E-state index is 0.353. The van der Waals surface area contributed by atoms with Gasteiger partial charge in [0.25, 0.3) is 0 Å². The van der Waals surface area contributed by atoms with Crippen molar-refractivity contribution in [3.05, 3.63) is 0 Å². The summed E-state index contributed by atoms with van der Waals surface area (Å²) in [5, 5.41) is 0. The van der Waals surface area contributed by atoms with E-state index in [1.54, 1.807) is 0 Å². The van der Waals surface area contributed by atoms with Crippen LogP contribution in [0.1, 0.15) is 45.4 Å². The maximum Gasteiger partial charge on any atom is 0.0836 e. The van der Waals surface area contributed by atoms with Crippen LogP contribution in [0.3, 0.4) is 0 Å². The average Bonchev–Trinajstić information content (AvgIpc) is 3.10. The van der Waals surface area contributed by atoms with E-state index in [0.29, 0.717) is 17.0 Å². The standard InChI is InChI=1S/C13H23BrO2/c1-2-15-13(10-7-8-10)9-16-12-6-4-3-5-11(12)14/h10-13H,2-9H2,1H3. The fourth-order valence-electron chi connectivity index (χ4n) is 2.46. The van der Waals surface area contributed by atoms with Gasteiger partial charge in [0.2, 0.25) is 0 Å². The van der Waals surface area contributed by atoms with E-state index in [-0.39, 0.29) is 0 Å². The summed E-state index contributed by atoms with van der Waals surface area (Å²) in [5.41, 5.74) is 0. The molecule has 0 aromatic carbocycles.